The van der Waals surface area contributed by atoms with Crippen molar-refractivity contribution < 1.29 is 14.6 Å². The first kappa shape index (κ1) is 19.7. The number of aromatic amines is 1. The molecule has 0 aliphatic carbocycles. The number of nitrogens with one attached hydrogen (secondary N) is 1. The van der Waals surface area contributed by atoms with Crippen LogP contribution in [-0.4, -0.2) is 20.6 Å². The summed E-state index contributed by atoms with van der Waals surface area (Å²) in [6.07, 6.45) is -0.241. The minimum atomic E-state index is -1.21. The van der Waals surface area contributed by atoms with Crippen LogP contribution < -0.4 is 16.0 Å². The average Bonchev–Trinajstić information content (AvgIpc) is 3.15. The molecule has 0 amide bonds. The standard InChI is InChI=1S/C22H18N2O5S/c1-12-8-9-15(29-13(2)14-6-4-3-5-7-14)10-17(12)24-20(25)18-16(23-22(24)28)11-30-19(18)21(26)27/h3-11,13H,1-2H3,(H,23,28)(H,26,27). The van der Waals surface area contributed by atoms with Gasteiger partial charge in [-0.05, 0) is 31.0 Å². The van der Waals surface area contributed by atoms with Gasteiger partial charge in [0.15, 0.2) is 0 Å². The van der Waals surface area contributed by atoms with Crippen molar-refractivity contribution in [3.05, 3.63) is 90.8 Å². The van der Waals surface area contributed by atoms with Crippen molar-refractivity contribution >= 4 is 28.2 Å². The van der Waals surface area contributed by atoms with Crippen LogP contribution in [-0.2, 0) is 0 Å². The molecule has 0 radical (unpaired) electrons. The highest BCUT2D eigenvalue weighted by Gasteiger charge is 2.20. The number of carboxylic acids is 1. The van der Waals surface area contributed by atoms with Crippen LogP contribution in [0.15, 0.2) is 63.5 Å². The second kappa shape index (κ2) is 7.64. The van der Waals surface area contributed by atoms with E-state index in [9.17, 15) is 19.5 Å². The third-order valence-electron chi connectivity index (χ3n) is 4.85. The summed E-state index contributed by atoms with van der Waals surface area (Å²) in [4.78, 5) is 39.7. The summed E-state index contributed by atoms with van der Waals surface area (Å²) in [6.45, 7) is 3.67. The van der Waals surface area contributed by atoms with Gasteiger partial charge in [-0.15, -0.1) is 11.3 Å². The van der Waals surface area contributed by atoms with E-state index in [1.807, 2.05) is 37.3 Å². The Morgan fingerprint density at radius 2 is 1.90 bits per heavy atom. The number of rotatable bonds is 5. The van der Waals surface area contributed by atoms with Gasteiger partial charge in [0.25, 0.3) is 5.56 Å². The number of aryl methyl sites for hydroxylation is 1. The SMILES string of the molecule is Cc1ccc(OC(C)c2ccccc2)cc1-n1c(=O)[nH]c2csc(C(=O)O)c2c1=O. The second-order valence-electron chi connectivity index (χ2n) is 6.85. The van der Waals surface area contributed by atoms with E-state index < -0.39 is 17.2 Å². The molecule has 0 spiro atoms. The van der Waals surface area contributed by atoms with Crippen molar-refractivity contribution in [2.24, 2.45) is 0 Å². The van der Waals surface area contributed by atoms with E-state index >= 15 is 0 Å². The van der Waals surface area contributed by atoms with E-state index in [2.05, 4.69) is 4.98 Å². The summed E-state index contributed by atoms with van der Waals surface area (Å²) >= 11 is 0.903. The Bertz CT molecular complexity index is 1370. The molecular weight excluding hydrogens is 404 g/mol. The maximum atomic E-state index is 13.1. The van der Waals surface area contributed by atoms with E-state index in [1.54, 1.807) is 25.1 Å². The number of fused-ring (bicyclic) bond motifs is 1. The topological polar surface area (TPSA) is 101 Å². The molecule has 0 aliphatic rings. The smallest absolute Gasteiger partial charge is 0.346 e. The van der Waals surface area contributed by atoms with E-state index in [0.29, 0.717) is 17.0 Å². The van der Waals surface area contributed by atoms with Crippen molar-refractivity contribution in [2.75, 3.05) is 0 Å². The van der Waals surface area contributed by atoms with E-state index in [-0.39, 0.29) is 21.9 Å². The van der Waals surface area contributed by atoms with Gasteiger partial charge in [0.1, 0.15) is 16.7 Å². The van der Waals surface area contributed by atoms with Crippen LogP contribution in [0.5, 0.6) is 5.75 Å². The van der Waals surface area contributed by atoms with Crippen molar-refractivity contribution in [2.45, 2.75) is 20.0 Å². The Labute approximate surface area is 174 Å². The molecule has 152 valence electrons. The van der Waals surface area contributed by atoms with Crippen molar-refractivity contribution in [1.82, 2.24) is 9.55 Å². The Kier molecular flexibility index (Phi) is 5.01. The fraction of sp³-hybridized carbons (Fsp3) is 0.136. The highest BCUT2D eigenvalue weighted by atomic mass is 32.1. The fourth-order valence-electron chi connectivity index (χ4n) is 3.31. The number of nitrogens with zero attached hydrogens (tertiary/aromatic N) is 1. The minimum Gasteiger partial charge on any atom is -0.486 e. The molecule has 2 aromatic heterocycles. The lowest BCUT2D eigenvalue weighted by Gasteiger charge is -2.17. The molecule has 1 atom stereocenters. The molecule has 0 bridgehead atoms. The first-order valence-corrected chi connectivity index (χ1v) is 10.1. The van der Waals surface area contributed by atoms with Crippen LogP contribution in [0.4, 0.5) is 0 Å². The maximum Gasteiger partial charge on any atom is 0.346 e. The van der Waals surface area contributed by atoms with Gasteiger partial charge in [0, 0.05) is 11.4 Å². The Morgan fingerprint density at radius 1 is 1.17 bits per heavy atom. The number of thiophene rings is 1. The van der Waals surface area contributed by atoms with Gasteiger partial charge < -0.3 is 14.8 Å². The molecule has 0 saturated heterocycles. The van der Waals surface area contributed by atoms with Gasteiger partial charge in [0.2, 0.25) is 0 Å². The van der Waals surface area contributed by atoms with Crippen LogP contribution in [0.25, 0.3) is 16.6 Å². The largest absolute Gasteiger partial charge is 0.486 e. The number of aromatic nitrogens is 2. The normalized spacial score (nSPS) is 12.1. The Hall–Kier alpha value is -3.65. The molecule has 0 fully saturated rings. The second-order valence-corrected chi connectivity index (χ2v) is 7.73. The molecule has 4 rings (SSSR count). The van der Waals surface area contributed by atoms with Gasteiger partial charge in [-0.2, -0.15) is 0 Å². The van der Waals surface area contributed by atoms with E-state index in [0.717, 1.165) is 21.5 Å². The number of H-pyrrole nitrogens is 1. The number of hydrogen-bond acceptors (Lipinski definition) is 5. The number of carbonyl (C=O) groups is 1. The molecule has 0 aliphatic heterocycles. The fourth-order valence-corrected chi connectivity index (χ4v) is 4.14. The number of benzene rings is 2. The van der Waals surface area contributed by atoms with Gasteiger partial charge in [0.05, 0.1) is 16.6 Å². The van der Waals surface area contributed by atoms with Crippen molar-refractivity contribution in [3.8, 4) is 11.4 Å². The molecule has 2 aromatic carbocycles. The summed E-state index contributed by atoms with van der Waals surface area (Å²) in [5, 5.41) is 10.8. The van der Waals surface area contributed by atoms with Gasteiger partial charge in [-0.1, -0.05) is 36.4 Å². The van der Waals surface area contributed by atoms with Gasteiger partial charge >= 0.3 is 11.7 Å². The molecule has 4 aromatic rings. The lowest BCUT2D eigenvalue weighted by Crippen LogP contribution is -2.34. The number of hydrogen-bond donors (Lipinski definition) is 2. The predicted molar refractivity (Wildman–Crippen MR) is 115 cm³/mol. The Morgan fingerprint density at radius 3 is 2.60 bits per heavy atom. The summed E-state index contributed by atoms with van der Waals surface area (Å²) in [6, 6.07) is 14.8. The van der Waals surface area contributed by atoms with Gasteiger partial charge in [-0.3, -0.25) is 4.79 Å². The number of carboxylic acid groups (broad SMARTS) is 1. The first-order valence-electron chi connectivity index (χ1n) is 9.19. The molecule has 2 heterocycles. The van der Waals surface area contributed by atoms with Crippen LogP contribution in [0.2, 0.25) is 0 Å². The third kappa shape index (κ3) is 3.42. The highest BCUT2D eigenvalue weighted by molar-refractivity contribution is 7.13. The zero-order valence-electron chi connectivity index (χ0n) is 16.2. The zero-order valence-corrected chi connectivity index (χ0v) is 17.0. The zero-order chi connectivity index (χ0) is 21.4. The third-order valence-corrected chi connectivity index (χ3v) is 5.82. The average molecular weight is 422 g/mol. The summed E-state index contributed by atoms with van der Waals surface area (Å²) in [7, 11) is 0. The molecule has 30 heavy (non-hydrogen) atoms. The highest BCUT2D eigenvalue weighted by Crippen LogP contribution is 2.26. The monoisotopic (exact) mass is 422 g/mol. The van der Waals surface area contributed by atoms with Crippen molar-refractivity contribution in [1.29, 1.82) is 0 Å². The maximum absolute atomic E-state index is 13.1. The molecule has 2 N–H and O–H groups in total. The van der Waals surface area contributed by atoms with Crippen LogP contribution >= 0.6 is 11.3 Å². The lowest BCUT2D eigenvalue weighted by atomic mass is 10.1. The summed E-state index contributed by atoms with van der Waals surface area (Å²) in [5.74, 6) is -0.724. The molecule has 1 unspecified atom stereocenters. The van der Waals surface area contributed by atoms with Gasteiger partial charge in [-0.25, -0.2) is 14.2 Å². The summed E-state index contributed by atoms with van der Waals surface area (Å²) < 4.78 is 6.97. The van der Waals surface area contributed by atoms with E-state index in [1.165, 1.54) is 5.38 Å². The van der Waals surface area contributed by atoms with Crippen LogP contribution in [0, 0.1) is 6.92 Å². The molecular formula is C22H18N2O5S. The van der Waals surface area contributed by atoms with E-state index in [4.69, 9.17) is 4.74 Å². The molecule has 7 nitrogen and oxygen atoms in total. The Balaban J connectivity index is 1.83. The molecule has 8 heteroatoms. The van der Waals surface area contributed by atoms with Crippen LogP contribution in [0.1, 0.15) is 33.8 Å². The first-order chi connectivity index (χ1) is 14.4. The summed E-state index contributed by atoms with van der Waals surface area (Å²) in [5.41, 5.74) is 0.895. The predicted octanol–water partition coefficient (Wildman–Crippen LogP) is 3.89. The number of ether oxygens (including phenoxy) is 1. The van der Waals surface area contributed by atoms with Crippen LogP contribution in [0.3, 0.4) is 0 Å². The molecule has 0 saturated carbocycles. The quantitative estimate of drug-likeness (QED) is 0.508. The minimum absolute atomic E-state index is 0.0181. The lowest BCUT2D eigenvalue weighted by molar-refractivity contribution is 0.0704. The number of aromatic carboxylic acids is 1. The van der Waals surface area contributed by atoms with Crippen molar-refractivity contribution in [3.63, 3.8) is 0 Å².